The van der Waals surface area contributed by atoms with E-state index in [4.69, 9.17) is 27.7 Å². The summed E-state index contributed by atoms with van der Waals surface area (Å²) < 4.78 is 5.35. The summed E-state index contributed by atoms with van der Waals surface area (Å²) in [6, 6.07) is 38.6. The van der Waals surface area contributed by atoms with Gasteiger partial charge in [0.1, 0.15) is 0 Å². The molecule has 15 nitrogen and oxygen atoms in total. The van der Waals surface area contributed by atoms with Crippen LogP contribution in [0, 0.1) is 68.6 Å². The molecule has 78 heavy (non-hydrogen) atoms. The smallest absolute Gasteiger partial charge is 0.228 e. The average Bonchev–Trinajstić information content (AvgIpc) is 4.35. The van der Waals surface area contributed by atoms with Crippen LogP contribution in [0.1, 0.15) is 83.9 Å². The van der Waals surface area contributed by atoms with Crippen LogP contribution >= 0.6 is 0 Å². The molecule has 16 heteroatoms. The normalized spacial score (nSPS) is 18.2. The van der Waals surface area contributed by atoms with Crippen molar-refractivity contribution in [1.82, 2.24) is 0 Å². The molecule has 10 aliphatic heterocycles. The largest absolute Gasteiger partial charge is 0.479 e. The maximum atomic E-state index is 10.2. The van der Waals surface area contributed by atoms with E-state index in [0.717, 1.165) is 171 Å². The molecule has 0 fully saturated rings. The number of benzene rings is 4. The number of aryl methyl sites for hydroxylation is 6. The van der Waals surface area contributed by atoms with Gasteiger partial charge in [-0.05, 0) is 124 Å². The SMILES string of the molecule is [C-]#[N+]c1cc2c3c(c1)N1[CH-]N3c3[c-]c(cc[n+]3O2)CCC2CCCc3[c-]c4[n+](cc3)Oc3cc([N+]#[C-])cc5c3N4[CH-]N5CCCc3cc(ccc3CCC1)CCCN1[CH-]N3c4c(cc(C#N)cc41)O[n+]1ccc([c-]c13)CC2.[Ir]. The van der Waals surface area contributed by atoms with Gasteiger partial charge in [0.25, 0.3) is 0 Å². The minimum absolute atomic E-state index is 0. The van der Waals surface area contributed by atoms with Crippen LogP contribution in [0.4, 0.5) is 63.0 Å². The molecule has 17 rings (SSSR count). The number of hydrogen-bond acceptors (Lipinski definition) is 10. The zero-order valence-corrected chi connectivity index (χ0v) is 45.1. The van der Waals surface area contributed by atoms with Gasteiger partial charge in [-0.15, -0.1) is 18.2 Å². The van der Waals surface area contributed by atoms with Crippen LogP contribution in [-0.4, -0.2) is 19.6 Å². The molecular weight excluding hydrogens is 1150 g/mol. The van der Waals surface area contributed by atoms with Crippen molar-refractivity contribution in [2.75, 3.05) is 49.0 Å². The summed E-state index contributed by atoms with van der Waals surface area (Å²) in [7, 11) is 0. The first kappa shape index (κ1) is 48.1. The number of fused-ring (bicyclic) bond motifs is 5. The molecule has 1 unspecified atom stereocenters. The van der Waals surface area contributed by atoms with Crippen LogP contribution < -0.4 is 58.1 Å². The summed E-state index contributed by atoms with van der Waals surface area (Å²) in [5, 5.41) is 10.2. The van der Waals surface area contributed by atoms with Crippen molar-refractivity contribution in [1.29, 1.82) is 5.26 Å². The molecular formula is C62H51IrN12O3-3. The number of anilines is 9. The molecule has 7 aromatic rings. The van der Waals surface area contributed by atoms with Crippen molar-refractivity contribution in [3.63, 3.8) is 0 Å². The van der Waals surface area contributed by atoms with Crippen LogP contribution in [0.3, 0.4) is 0 Å². The number of hydrogen-bond donors (Lipinski definition) is 0. The van der Waals surface area contributed by atoms with E-state index in [9.17, 15) is 5.26 Å². The Balaban J connectivity index is 0.00000552. The van der Waals surface area contributed by atoms with E-state index in [0.29, 0.717) is 40.1 Å². The molecule has 3 aromatic heterocycles. The average molecular weight is 1200 g/mol. The molecule has 1 atom stereocenters. The number of pyridine rings is 3. The van der Waals surface area contributed by atoms with Gasteiger partial charge in [-0.1, -0.05) is 84.5 Å². The van der Waals surface area contributed by atoms with Gasteiger partial charge in [-0.25, -0.2) is 26.4 Å². The molecule has 389 valence electrons. The quantitative estimate of drug-likeness (QED) is 0.108. The molecule has 0 saturated carbocycles. The summed E-state index contributed by atoms with van der Waals surface area (Å²) in [6.45, 7) is 24.8. The molecule has 0 saturated heterocycles. The number of nitrogens with zero attached hydrogens (tertiary/aromatic N) is 12. The van der Waals surface area contributed by atoms with Gasteiger partial charge >= 0.3 is 0 Å². The summed E-state index contributed by atoms with van der Waals surface area (Å²) in [4.78, 5) is 40.7. The van der Waals surface area contributed by atoms with Gasteiger partial charge in [0.15, 0.2) is 28.4 Å². The van der Waals surface area contributed by atoms with Gasteiger partial charge in [0.2, 0.25) is 34.7 Å². The van der Waals surface area contributed by atoms with E-state index < -0.39 is 0 Å². The molecule has 0 N–H and O–H groups in total. The Bertz CT molecular complexity index is 3770. The summed E-state index contributed by atoms with van der Waals surface area (Å²) in [5.74, 6) is 4.81. The van der Waals surface area contributed by atoms with Gasteiger partial charge < -0.3 is 29.4 Å². The Morgan fingerprint density at radius 1 is 0.526 bits per heavy atom. The molecule has 0 aliphatic carbocycles. The maximum absolute atomic E-state index is 10.2. The summed E-state index contributed by atoms with van der Waals surface area (Å²) in [6.07, 6.45) is 17.7. The van der Waals surface area contributed by atoms with Gasteiger partial charge in [-0.2, -0.15) is 23.5 Å². The minimum atomic E-state index is 0. The second-order valence-electron chi connectivity index (χ2n) is 21.2. The first-order valence-corrected chi connectivity index (χ1v) is 26.9. The molecule has 1 radical (unpaired) electrons. The zero-order valence-electron chi connectivity index (χ0n) is 42.7. The third kappa shape index (κ3) is 8.18. The van der Waals surface area contributed by atoms with E-state index in [2.05, 4.69) is 120 Å². The predicted octanol–water partition coefficient (Wildman–Crippen LogP) is 10.3. The standard InChI is InChI=1S/C62H51N12O3.Ir/c1-64-49-33-52-62-56(36-49)77-74-26-20-45-15-13-41-7-3-8-43-18-24-73-57(30-43)70-40-68(53-34-50(65-2)35-55(76-73)61(53)70)23-6-11-48-27-42(16-17-47(48)10-5-22-67(52)39-71(62)59(74)32-45)9-4-21-66-38-69-58-31-44(14-12-41)19-25-72(58)75-54-29-46(37-63)28-51(66)60(54)69;/h16-20,24-29,33-36,38-41H,3-15,21-23H2;/q-3;. The van der Waals surface area contributed by atoms with Gasteiger partial charge in [0.05, 0.1) is 49.1 Å². The van der Waals surface area contributed by atoms with Crippen molar-refractivity contribution in [2.45, 2.75) is 83.5 Å². The van der Waals surface area contributed by atoms with Crippen molar-refractivity contribution < 1.29 is 48.8 Å². The van der Waals surface area contributed by atoms with Crippen molar-refractivity contribution in [2.24, 2.45) is 5.92 Å². The Kier molecular flexibility index (Phi) is 11.9. The first-order valence-electron chi connectivity index (χ1n) is 26.9. The Morgan fingerprint density at radius 3 is 1.51 bits per heavy atom. The third-order valence-corrected chi connectivity index (χ3v) is 16.4. The van der Waals surface area contributed by atoms with Crippen LogP contribution in [0.5, 0.6) is 17.2 Å². The second-order valence-corrected chi connectivity index (χ2v) is 21.2. The fourth-order valence-electron chi connectivity index (χ4n) is 12.6. The first-order chi connectivity index (χ1) is 37.9. The van der Waals surface area contributed by atoms with E-state index in [1.807, 2.05) is 55.0 Å². The van der Waals surface area contributed by atoms with E-state index in [1.165, 1.54) is 16.7 Å². The van der Waals surface area contributed by atoms with Crippen molar-refractivity contribution in [3.8, 4) is 23.3 Å². The van der Waals surface area contributed by atoms with Crippen LogP contribution in [-0.2, 0) is 58.6 Å². The maximum Gasteiger partial charge on any atom is 0.228 e. The second kappa shape index (κ2) is 19.3. The Labute approximate surface area is 467 Å². The molecule has 16 bridgehead atoms. The number of aromatic nitrogens is 3. The van der Waals surface area contributed by atoms with Gasteiger partial charge in [0, 0.05) is 37.5 Å². The van der Waals surface area contributed by atoms with Crippen LogP contribution in [0.2, 0.25) is 0 Å². The van der Waals surface area contributed by atoms with Crippen LogP contribution in [0.15, 0.2) is 91.4 Å². The fraction of sp³-hybridized carbons (Fsp3) is 0.274. The van der Waals surface area contributed by atoms with Crippen molar-refractivity contribution >= 4 is 63.0 Å². The monoisotopic (exact) mass is 1200 g/mol. The fourth-order valence-corrected chi connectivity index (χ4v) is 12.6. The molecule has 10 aliphatic rings. The molecule has 0 amide bonds. The van der Waals surface area contributed by atoms with E-state index in [-0.39, 0.29) is 20.1 Å². The summed E-state index contributed by atoms with van der Waals surface area (Å²) >= 11 is 0. The predicted molar refractivity (Wildman–Crippen MR) is 287 cm³/mol. The van der Waals surface area contributed by atoms with E-state index in [1.54, 1.807) is 14.2 Å². The Hall–Kier alpha value is -8.35. The van der Waals surface area contributed by atoms with Gasteiger partial charge in [-0.3, -0.25) is 14.5 Å². The summed E-state index contributed by atoms with van der Waals surface area (Å²) in [5.41, 5.74) is 14.7. The number of nitriles is 1. The Morgan fingerprint density at radius 2 is 1.00 bits per heavy atom. The zero-order chi connectivity index (χ0) is 51.3. The topological polar surface area (TPSA) is 91.3 Å². The molecule has 0 spiro atoms. The molecule has 4 aromatic carbocycles. The molecule has 13 heterocycles. The van der Waals surface area contributed by atoms with Crippen LogP contribution in [0.25, 0.3) is 9.69 Å². The van der Waals surface area contributed by atoms with Crippen molar-refractivity contribution in [3.05, 3.63) is 191 Å². The third-order valence-electron chi connectivity index (χ3n) is 16.4. The minimum Gasteiger partial charge on any atom is -0.479 e. The number of rotatable bonds is 0. The van der Waals surface area contributed by atoms with E-state index >= 15 is 0 Å².